The maximum atomic E-state index is 14.1. The molecule has 0 amide bonds. The molecule has 0 bridgehead atoms. The van der Waals surface area contributed by atoms with E-state index in [1.807, 2.05) is 12.1 Å². The van der Waals surface area contributed by atoms with Gasteiger partial charge in [0.2, 0.25) is 0 Å². The van der Waals surface area contributed by atoms with E-state index in [1.54, 1.807) is 6.07 Å². The second-order valence-electron chi connectivity index (χ2n) is 9.13. The molecule has 0 atom stereocenters. The highest BCUT2D eigenvalue weighted by Gasteiger charge is 2.28. The van der Waals surface area contributed by atoms with E-state index in [4.69, 9.17) is 0 Å². The molecule has 0 heterocycles. The maximum Gasteiger partial charge on any atom is 0.273 e. The lowest BCUT2D eigenvalue weighted by Gasteiger charge is -2.29. The average Bonchev–Trinajstić information content (AvgIpc) is 2.73. The average molecular weight is 417 g/mol. The molecule has 1 fully saturated rings. The predicted molar refractivity (Wildman–Crippen MR) is 119 cm³/mol. The van der Waals surface area contributed by atoms with Crippen LogP contribution in [0, 0.1) is 11.7 Å². The van der Waals surface area contributed by atoms with Gasteiger partial charge >= 0.3 is 0 Å². The number of hydrogen-bond donors (Lipinski definition) is 0. The third kappa shape index (κ3) is 6.12. The molecule has 1 saturated carbocycles. The molecule has 0 aromatic heterocycles. The molecule has 0 radical (unpaired) electrons. The Morgan fingerprint density at radius 2 is 1.47 bits per heavy atom. The van der Waals surface area contributed by atoms with E-state index in [9.17, 15) is 13.2 Å². The lowest BCUT2D eigenvalue weighted by Crippen LogP contribution is -2.13. The Bertz CT molecular complexity index is 781. The minimum absolute atomic E-state index is 0.551. The lowest BCUT2D eigenvalue weighted by molar-refractivity contribution is 0.0138. The SMILES string of the molecule is CCCCCCCC1CCC(c2ccc(-c3ccc(C(C)(F)F)c(F)c3)cc2)CC1. The fourth-order valence-electron chi connectivity index (χ4n) is 4.82. The van der Waals surface area contributed by atoms with Crippen molar-refractivity contribution in [2.75, 3.05) is 0 Å². The van der Waals surface area contributed by atoms with Crippen LogP contribution in [-0.2, 0) is 5.92 Å². The third-order valence-electron chi connectivity index (χ3n) is 6.72. The molecule has 0 aliphatic heterocycles. The summed E-state index contributed by atoms with van der Waals surface area (Å²) in [7, 11) is 0. The Balaban J connectivity index is 1.54. The summed E-state index contributed by atoms with van der Waals surface area (Å²) in [5.74, 6) is -2.52. The van der Waals surface area contributed by atoms with Crippen LogP contribution in [0.1, 0.15) is 95.1 Å². The van der Waals surface area contributed by atoms with E-state index >= 15 is 0 Å². The van der Waals surface area contributed by atoms with Gasteiger partial charge in [-0.2, -0.15) is 0 Å². The molecular weight excluding hydrogens is 381 g/mol. The van der Waals surface area contributed by atoms with E-state index in [0.29, 0.717) is 11.5 Å². The number of unbranched alkanes of at least 4 members (excludes halogenated alkanes) is 4. The summed E-state index contributed by atoms with van der Waals surface area (Å²) in [4.78, 5) is 0. The number of rotatable bonds is 9. The van der Waals surface area contributed by atoms with Crippen molar-refractivity contribution in [2.45, 2.75) is 89.9 Å². The van der Waals surface area contributed by atoms with Gasteiger partial charge in [-0.3, -0.25) is 0 Å². The summed E-state index contributed by atoms with van der Waals surface area (Å²) >= 11 is 0. The van der Waals surface area contributed by atoms with Crippen LogP contribution in [0.5, 0.6) is 0 Å². The zero-order valence-electron chi connectivity index (χ0n) is 18.4. The van der Waals surface area contributed by atoms with Crippen molar-refractivity contribution < 1.29 is 13.2 Å². The maximum absolute atomic E-state index is 14.1. The van der Waals surface area contributed by atoms with Crippen LogP contribution in [0.3, 0.4) is 0 Å². The van der Waals surface area contributed by atoms with Crippen molar-refractivity contribution in [3.8, 4) is 11.1 Å². The highest BCUT2D eigenvalue weighted by molar-refractivity contribution is 5.64. The van der Waals surface area contributed by atoms with Crippen LogP contribution < -0.4 is 0 Å². The van der Waals surface area contributed by atoms with E-state index in [2.05, 4.69) is 19.1 Å². The van der Waals surface area contributed by atoms with Crippen LogP contribution in [0.25, 0.3) is 11.1 Å². The molecule has 3 heteroatoms. The first kappa shape index (κ1) is 22.9. The van der Waals surface area contributed by atoms with Gasteiger partial charge in [-0.25, -0.2) is 13.2 Å². The van der Waals surface area contributed by atoms with Gasteiger partial charge in [0.15, 0.2) is 0 Å². The Labute approximate surface area is 179 Å². The first-order chi connectivity index (χ1) is 14.4. The molecule has 0 nitrogen and oxygen atoms in total. The third-order valence-corrected chi connectivity index (χ3v) is 6.72. The highest BCUT2D eigenvalue weighted by atomic mass is 19.3. The van der Waals surface area contributed by atoms with Gasteiger partial charge in [0.25, 0.3) is 5.92 Å². The molecule has 0 saturated heterocycles. The van der Waals surface area contributed by atoms with Gasteiger partial charge in [0.1, 0.15) is 5.82 Å². The minimum Gasteiger partial charge on any atom is -0.206 e. The van der Waals surface area contributed by atoms with Gasteiger partial charge in [0, 0.05) is 6.92 Å². The number of halogens is 3. The van der Waals surface area contributed by atoms with Crippen LogP contribution in [0.2, 0.25) is 0 Å². The van der Waals surface area contributed by atoms with Crippen molar-refractivity contribution in [3.05, 3.63) is 59.4 Å². The van der Waals surface area contributed by atoms with Crippen molar-refractivity contribution in [1.82, 2.24) is 0 Å². The number of alkyl halides is 2. The van der Waals surface area contributed by atoms with E-state index in [-0.39, 0.29) is 0 Å². The van der Waals surface area contributed by atoms with Gasteiger partial charge in [-0.1, -0.05) is 75.8 Å². The fraction of sp³-hybridized carbons (Fsp3) is 0.556. The molecule has 1 aliphatic rings. The minimum atomic E-state index is -3.17. The fourth-order valence-corrected chi connectivity index (χ4v) is 4.82. The molecule has 30 heavy (non-hydrogen) atoms. The van der Waals surface area contributed by atoms with E-state index < -0.39 is 17.3 Å². The van der Waals surface area contributed by atoms with Gasteiger partial charge in [0.05, 0.1) is 5.56 Å². The first-order valence-electron chi connectivity index (χ1n) is 11.7. The zero-order valence-corrected chi connectivity index (χ0v) is 18.4. The second-order valence-corrected chi connectivity index (χ2v) is 9.13. The van der Waals surface area contributed by atoms with Gasteiger partial charge in [-0.15, -0.1) is 0 Å². The van der Waals surface area contributed by atoms with Gasteiger partial charge in [-0.05, 0) is 66.3 Å². The molecule has 0 N–H and O–H groups in total. The largest absolute Gasteiger partial charge is 0.273 e. The Morgan fingerprint density at radius 3 is 2.07 bits per heavy atom. The Kier molecular flexibility index (Phi) is 8.02. The molecule has 2 aromatic carbocycles. The van der Waals surface area contributed by atoms with Crippen LogP contribution in [0.4, 0.5) is 13.2 Å². The van der Waals surface area contributed by atoms with E-state index in [0.717, 1.165) is 18.4 Å². The van der Waals surface area contributed by atoms with E-state index in [1.165, 1.54) is 81.9 Å². The summed E-state index contributed by atoms with van der Waals surface area (Å²) in [6, 6.07) is 12.2. The molecular formula is C27H35F3. The van der Waals surface area contributed by atoms with Crippen molar-refractivity contribution >= 4 is 0 Å². The summed E-state index contributed by atoms with van der Waals surface area (Å²) in [6.07, 6.45) is 13.3. The van der Waals surface area contributed by atoms with Gasteiger partial charge < -0.3 is 0 Å². The monoisotopic (exact) mass is 416 g/mol. The van der Waals surface area contributed by atoms with Crippen LogP contribution in [-0.4, -0.2) is 0 Å². The Hall–Kier alpha value is -1.77. The number of benzene rings is 2. The molecule has 2 aromatic rings. The molecule has 3 rings (SSSR count). The summed E-state index contributed by atoms with van der Waals surface area (Å²) < 4.78 is 40.9. The highest BCUT2D eigenvalue weighted by Crippen LogP contribution is 2.38. The topological polar surface area (TPSA) is 0 Å². The van der Waals surface area contributed by atoms with Crippen molar-refractivity contribution in [2.24, 2.45) is 5.92 Å². The molecule has 1 aliphatic carbocycles. The summed E-state index contributed by atoms with van der Waals surface area (Å²) in [6.45, 7) is 2.98. The first-order valence-corrected chi connectivity index (χ1v) is 11.7. The smallest absolute Gasteiger partial charge is 0.206 e. The Morgan fingerprint density at radius 1 is 0.833 bits per heavy atom. The second kappa shape index (κ2) is 10.5. The van der Waals surface area contributed by atoms with Crippen LogP contribution in [0.15, 0.2) is 42.5 Å². The molecule has 164 valence electrons. The lowest BCUT2D eigenvalue weighted by atomic mass is 9.77. The summed E-state index contributed by atoms with van der Waals surface area (Å²) in [5.41, 5.74) is 2.30. The van der Waals surface area contributed by atoms with Crippen molar-refractivity contribution in [1.29, 1.82) is 0 Å². The molecule has 0 spiro atoms. The zero-order chi connectivity index (χ0) is 21.6. The number of hydrogen-bond acceptors (Lipinski definition) is 0. The molecule has 0 unspecified atom stereocenters. The van der Waals surface area contributed by atoms with Crippen molar-refractivity contribution in [3.63, 3.8) is 0 Å². The summed E-state index contributed by atoms with van der Waals surface area (Å²) in [5, 5.41) is 0. The quantitative estimate of drug-likeness (QED) is 0.357. The normalized spacial score (nSPS) is 19.8. The predicted octanol–water partition coefficient (Wildman–Crippen LogP) is 9.24. The van der Waals surface area contributed by atoms with Crippen LogP contribution >= 0.6 is 0 Å². The standard InChI is InChI=1S/C27H35F3/c1-3-4-5-6-7-8-20-9-11-21(12-10-20)22-13-15-23(16-14-22)24-17-18-25(26(28)19-24)27(2,29)30/h13-21H,3-12H2,1-2H3.